The Hall–Kier alpha value is 0.620. The van der Waals surface area contributed by atoms with Crippen LogP contribution in [0, 0.1) is 0 Å². The van der Waals surface area contributed by atoms with Crippen LogP contribution < -0.4 is 0 Å². The zero-order chi connectivity index (χ0) is 8.27. The van der Waals surface area contributed by atoms with E-state index >= 15 is 0 Å². The molecular weight excluding hydrogens is 176 g/mol. The summed E-state index contributed by atoms with van der Waals surface area (Å²) >= 11 is 3.70. The van der Waals surface area contributed by atoms with Crippen LogP contribution in [0.25, 0.3) is 0 Å². The molecule has 4 heteroatoms. The maximum atomic E-state index is 2.43. The van der Waals surface area contributed by atoms with Crippen molar-refractivity contribution in [2.24, 2.45) is 0 Å². The van der Waals surface area contributed by atoms with E-state index in [1.54, 1.807) is 0 Å². The van der Waals surface area contributed by atoms with Crippen LogP contribution in [0.3, 0.4) is 0 Å². The molecule has 0 saturated carbocycles. The Morgan fingerprint density at radius 3 is 1.91 bits per heavy atom. The SMILES string of the molecule is CSN1CCCN(SC)C1C. The molecule has 0 spiro atoms. The van der Waals surface area contributed by atoms with Gasteiger partial charge in [0.25, 0.3) is 0 Å². The minimum absolute atomic E-state index is 0.591. The van der Waals surface area contributed by atoms with Crippen LogP contribution in [0.4, 0.5) is 0 Å². The van der Waals surface area contributed by atoms with Crippen molar-refractivity contribution in [2.45, 2.75) is 19.5 Å². The molecule has 1 fully saturated rings. The zero-order valence-corrected chi connectivity index (χ0v) is 9.04. The van der Waals surface area contributed by atoms with E-state index in [0.717, 1.165) is 0 Å². The van der Waals surface area contributed by atoms with Gasteiger partial charge in [-0.3, -0.25) is 0 Å². The number of nitrogens with zero attached hydrogens (tertiary/aromatic N) is 2. The van der Waals surface area contributed by atoms with Gasteiger partial charge in [-0.05, 0) is 25.9 Å². The third kappa shape index (κ3) is 2.28. The number of hydrogen-bond donors (Lipinski definition) is 0. The average molecular weight is 192 g/mol. The smallest absolute Gasteiger partial charge is 0.0788 e. The Morgan fingerprint density at radius 1 is 1.09 bits per heavy atom. The van der Waals surface area contributed by atoms with Gasteiger partial charge in [0, 0.05) is 13.1 Å². The molecule has 0 amide bonds. The molecular formula is C7H16N2S2. The molecule has 0 radical (unpaired) electrons. The maximum Gasteiger partial charge on any atom is 0.0788 e. The van der Waals surface area contributed by atoms with Crippen molar-refractivity contribution in [3.8, 4) is 0 Å². The first-order valence-corrected chi connectivity index (χ1v) is 6.27. The lowest BCUT2D eigenvalue weighted by Crippen LogP contribution is -2.45. The second kappa shape index (κ2) is 4.60. The summed E-state index contributed by atoms with van der Waals surface area (Å²) < 4.78 is 4.86. The predicted molar refractivity (Wildman–Crippen MR) is 54.5 cm³/mol. The lowest BCUT2D eigenvalue weighted by Gasteiger charge is -2.39. The van der Waals surface area contributed by atoms with Gasteiger partial charge in [-0.1, -0.05) is 23.9 Å². The molecule has 1 saturated heterocycles. The highest BCUT2D eigenvalue weighted by atomic mass is 32.2. The lowest BCUT2D eigenvalue weighted by molar-refractivity contribution is 0.176. The maximum absolute atomic E-state index is 2.43. The van der Waals surface area contributed by atoms with Gasteiger partial charge in [0.15, 0.2) is 0 Å². The van der Waals surface area contributed by atoms with Crippen LogP contribution >= 0.6 is 23.9 Å². The summed E-state index contributed by atoms with van der Waals surface area (Å²) in [7, 11) is 0. The molecule has 0 aromatic rings. The fourth-order valence-electron chi connectivity index (χ4n) is 1.39. The predicted octanol–water partition coefficient (Wildman–Crippen LogP) is 1.90. The monoisotopic (exact) mass is 192 g/mol. The molecule has 1 rings (SSSR count). The van der Waals surface area contributed by atoms with Crippen molar-refractivity contribution in [3.63, 3.8) is 0 Å². The molecule has 11 heavy (non-hydrogen) atoms. The fraction of sp³-hybridized carbons (Fsp3) is 1.00. The van der Waals surface area contributed by atoms with Gasteiger partial charge in [-0.25, -0.2) is 8.61 Å². The molecule has 1 aliphatic rings. The van der Waals surface area contributed by atoms with Crippen molar-refractivity contribution in [1.82, 2.24) is 8.61 Å². The third-order valence-electron chi connectivity index (χ3n) is 2.06. The summed E-state index contributed by atoms with van der Waals surface area (Å²) in [6.07, 6.45) is 6.20. The third-order valence-corrected chi connectivity index (χ3v) is 3.97. The normalized spacial score (nSPS) is 24.3. The molecule has 66 valence electrons. The molecule has 0 unspecified atom stereocenters. The van der Waals surface area contributed by atoms with Crippen molar-refractivity contribution in [2.75, 3.05) is 25.6 Å². The summed E-state index contributed by atoms with van der Waals surface area (Å²) in [6.45, 7) is 4.74. The fourth-order valence-corrected chi connectivity index (χ4v) is 2.91. The van der Waals surface area contributed by atoms with E-state index < -0.39 is 0 Å². The molecule has 0 atom stereocenters. The van der Waals surface area contributed by atoms with Gasteiger partial charge >= 0.3 is 0 Å². The van der Waals surface area contributed by atoms with E-state index in [-0.39, 0.29) is 0 Å². The molecule has 0 aromatic carbocycles. The van der Waals surface area contributed by atoms with E-state index in [2.05, 4.69) is 28.0 Å². The molecule has 1 heterocycles. The van der Waals surface area contributed by atoms with Gasteiger partial charge < -0.3 is 0 Å². The first kappa shape index (κ1) is 9.71. The highest BCUT2D eigenvalue weighted by Crippen LogP contribution is 2.24. The molecule has 0 aliphatic carbocycles. The van der Waals surface area contributed by atoms with Gasteiger partial charge in [0.05, 0.1) is 6.17 Å². The second-order valence-corrected chi connectivity index (χ2v) is 4.30. The van der Waals surface area contributed by atoms with Crippen molar-refractivity contribution in [1.29, 1.82) is 0 Å². The first-order chi connectivity index (χ1) is 5.29. The van der Waals surface area contributed by atoms with E-state index in [1.807, 2.05) is 23.9 Å². The van der Waals surface area contributed by atoms with Crippen LogP contribution in [0.1, 0.15) is 13.3 Å². The van der Waals surface area contributed by atoms with E-state index in [0.29, 0.717) is 6.17 Å². The molecule has 0 bridgehead atoms. The summed E-state index contributed by atoms with van der Waals surface area (Å²) in [4.78, 5) is 0. The summed E-state index contributed by atoms with van der Waals surface area (Å²) in [6, 6.07) is 0. The van der Waals surface area contributed by atoms with Gasteiger partial charge in [0.2, 0.25) is 0 Å². The highest BCUT2D eigenvalue weighted by Gasteiger charge is 2.23. The summed E-state index contributed by atoms with van der Waals surface area (Å²) in [5.41, 5.74) is 0. The van der Waals surface area contributed by atoms with E-state index in [9.17, 15) is 0 Å². The zero-order valence-electron chi connectivity index (χ0n) is 7.41. The Labute approximate surface area is 78.0 Å². The topological polar surface area (TPSA) is 6.48 Å². The Kier molecular flexibility index (Phi) is 4.06. The standard InChI is InChI=1S/C7H16N2S2/c1-7-8(10-2)5-4-6-9(7)11-3/h7H,4-6H2,1-3H3. The van der Waals surface area contributed by atoms with Gasteiger partial charge in [-0.2, -0.15) is 0 Å². The Balaban J connectivity index is 2.45. The highest BCUT2D eigenvalue weighted by molar-refractivity contribution is 7.97. The van der Waals surface area contributed by atoms with Crippen LogP contribution in [0.15, 0.2) is 0 Å². The van der Waals surface area contributed by atoms with Crippen molar-refractivity contribution >= 4 is 23.9 Å². The number of rotatable bonds is 2. The molecule has 2 nitrogen and oxygen atoms in total. The van der Waals surface area contributed by atoms with Crippen LogP contribution in [0.5, 0.6) is 0 Å². The summed E-state index contributed by atoms with van der Waals surface area (Å²) in [5.74, 6) is 0. The Morgan fingerprint density at radius 2 is 1.55 bits per heavy atom. The van der Waals surface area contributed by atoms with E-state index in [1.165, 1.54) is 19.5 Å². The molecule has 0 N–H and O–H groups in total. The summed E-state index contributed by atoms with van der Waals surface area (Å²) in [5, 5.41) is 0. The Bertz CT molecular complexity index is 109. The largest absolute Gasteiger partial charge is 0.233 e. The van der Waals surface area contributed by atoms with Gasteiger partial charge in [-0.15, -0.1) is 0 Å². The van der Waals surface area contributed by atoms with Crippen LogP contribution in [0.2, 0.25) is 0 Å². The molecule has 0 aromatic heterocycles. The van der Waals surface area contributed by atoms with Crippen molar-refractivity contribution < 1.29 is 0 Å². The van der Waals surface area contributed by atoms with Crippen LogP contribution in [-0.2, 0) is 0 Å². The van der Waals surface area contributed by atoms with E-state index in [4.69, 9.17) is 0 Å². The minimum atomic E-state index is 0.591. The minimum Gasteiger partial charge on any atom is -0.233 e. The lowest BCUT2D eigenvalue weighted by atomic mass is 10.3. The first-order valence-electron chi connectivity index (χ1n) is 3.91. The van der Waals surface area contributed by atoms with Gasteiger partial charge in [0.1, 0.15) is 0 Å². The molecule has 1 aliphatic heterocycles. The quantitative estimate of drug-likeness (QED) is 0.616. The second-order valence-electron chi connectivity index (χ2n) is 2.63. The van der Waals surface area contributed by atoms with Crippen LogP contribution in [-0.4, -0.2) is 40.4 Å². The average Bonchev–Trinajstić information content (AvgIpc) is 2.05. The van der Waals surface area contributed by atoms with Crippen molar-refractivity contribution in [3.05, 3.63) is 0 Å². The number of hydrogen-bond acceptors (Lipinski definition) is 4.